The molecule has 0 aromatic carbocycles. The van der Waals surface area contributed by atoms with Crippen LogP contribution >= 0.6 is 15.9 Å². The number of nitrogens with zero attached hydrogens (tertiary/aromatic N) is 3. The van der Waals surface area contributed by atoms with E-state index in [4.69, 9.17) is 0 Å². The van der Waals surface area contributed by atoms with Crippen LogP contribution in [0.4, 0.5) is 5.69 Å². The van der Waals surface area contributed by atoms with Crippen molar-refractivity contribution in [3.63, 3.8) is 0 Å². The van der Waals surface area contributed by atoms with Crippen LogP contribution in [-0.2, 0) is 0 Å². The van der Waals surface area contributed by atoms with Crippen LogP contribution in [0.15, 0.2) is 41.3 Å². The highest BCUT2D eigenvalue weighted by Gasteiger charge is 2.21. The van der Waals surface area contributed by atoms with Gasteiger partial charge in [-0.2, -0.15) is 0 Å². The zero-order valence-electron chi connectivity index (χ0n) is 11.9. The quantitative estimate of drug-likeness (QED) is 0.849. The third-order valence-corrected chi connectivity index (χ3v) is 3.56. The summed E-state index contributed by atoms with van der Waals surface area (Å²) < 4.78 is 2.90. The predicted octanol–water partition coefficient (Wildman–Crippen LogP) is 3.89. The maximum Gasteiger partial charge on any atom is 0.274 e. The highest BCUT2D eigenvalue weighted by molar-refractivity contribution is 9.10. The van der Waals surface area contributed by atoms with Crippen LogP contribution < -0.4 is 4.90 Å². The molecule has 0 spiro atoms. The molecule has 0 fully saturated rings. The average molecular weight is 336 g/mol. The van der Waals surface area contributed by atoms with Gasteiger partial charge in [-0.05, 0) is 54.9 Å². The van der Waals surface area contributed by atoms with Crippen LogP contribution in [0.5, 0.6) is 0 Å². The molecule has 2 heterocycles. The Hall–Kier alpha value is -1.62. The summed E-state index contributed by atoms with van der Waals surface area (Å²) >= 11 is 3.45. The lowest BCUT2D eigenvalue weighted by Crippen LogP contribution is -2.32. The number of anilines is 1. The van der Waals surface area contributed by atoms with Crippen molar-refractivity contribution < 1.29 is 4.79 Å². The molecule has 5 heteroatoms. The summed E-state index contributed by atoms with van der Waals surface area (Å²) in [5.74, 6) is -0.00176. The maximum atomic E-state index is 12.8. The average Bonchev–Trinajstić information content (AvgIpc) is 2.83. The Morgan fingerprint density at radius 1 is 1.40 bits per heavy atom. The second kappa shape index (κ2) is 6.22. The monoisotopic (exact) mass is 335 g/mol. The first-order chi connectivity index (χ1) is 9.54. The second-order valence-corrected chi connectivity index (χ2v) is 5.72. The first-order valence-electron chi connectivity index (χ1n) is 6.63. The number of hydrogen-bond acceptors (Lipinski definition) is 2. The number of aromatic nitrogens is 2. The summed E-state index contributed by atoms with van der Waals surface area (Å²) in [4.78, 5) is 18.5. The van der Waals surface area contributed by atoms with Gasteiger partial charge in [-0.15, -0.1) is 0 Å². The molecular weight excluding hydrogens is 318 g/mol. The highest BCUT2D eigenvalue weighted by Crippen LogP contribution is 2.23. The summed E-state index contributed by atoms with van der Waals surface area (Å²) in [6.07, 6.45) is 5.34. The molecule has 0 saturated heterocycles. The minimum absolute atomic E-state index is 0.00176. The SMILES string of the molecule is CCN(C(=O)c1cc(Br)cn1C(C)C)c1ccncc1. The van der Waals surface area contributed by atoms with Gasteiger partial charge in [0.15, 0.2) is 0 Å². The lowest BCUT2D eigenvalue weighted by Gasteiger charge is -2.22. The summed E-state index contributed by atoms with van der Waals surface area (Å²) in [5, 5.41) is 0. The molecule has 0 unspecified atom stereocenters. The van der Waals surface area contributed by atoms with E-state index in [0.717, 1.165) is 10.2 Å². The fraction of sp³-hybridized carbons (Fsp3) is 0.333. The van der Waals surface area contributed by atoms with Gasteiger partial charge in [-0.25, -0.2) is 0 Å². The van der Waals surface area contributed by atoms with Crippen LogP contribution in [-0.4, -0.2) is 22.0 Å². The zero-order valence-corrected chi connectivity index (χ0v) is 13.5. The van der Waals surface area contributed by atoms with Gasteiger partial charge in [0, 0.05) is 41.3 Å². The first kappa shape index (κ1) is 14.8. The lowest BCUT2D eigenvalue weighted by atomic mass is 10.2. The summed E-state index contributed by atoms with van der Waals surface area (Å²) in [6, 6.07) is 5.79. The van der Waals surface area contributed by atoms with Crippen LogP contribution in [0.1, 0.15) is 37.3 Å². The van der Waals surface area contributed by atoms with E-state index in [2.05, 4.69) is 34.8 Å². The summed E-state index contributed by atoms with van der Waals surface area (Å²) in [5.41, 5.74) is 1.55. The van der Waals surface area contributed by atoms with Gasteiger partial charge < -0.3 is 9.47 Å². The number of amides is 1. The zero-order chi connectivity index (χ0) is 14.7. The van der Waals surface area contributed by atoms with Gasteiger partial charge in [0.05, 0.1) is 0 Å². The van der Waals surface area contributed by atoms with Crippen LogP contribution in [0, 0.1) is 0 Å². The van der Waals surface area contributed by atoms with Gasteiger partial charge in [-0.1, -0.05) is 0 Å². The molecule has 20 heavy (non-hydrogen) atoms. The maximum absolute atomic E-state index is 12.8. The second-order valence-electron chi connectivity index (χ2n) is 4.80. The number of carbonyl (C=O) groups excluding carboxylic acids is 1. The Labute approximate surface area is 127 Å². The van der Waals surface area contributed by atoms with Crippen molar-refractivity contribution in [2.24, 2.45) is 0 Å². The van der Waals surface area contributed by atoms with Crippen molar-refractivity contribution in [3.8, 4) is 0 Å². The van der Waals surface area contributed by atoms with Crippen molar-refractivity contribution in [1.29, 1.82) is 0 Å². The minimum atomic E-state index is -0.00176. The molecule has 0 atom stereocenters. The van der Waals surface area contributed by atoms with Gasteiger partial charge in [0.25, 0.3) is 5.91 Å². The number of carbonyl (C=O) groups is 1. The number of rotatable bonds is 4. The van der Waals surface area contributed by atoms with E-state index in [0.29, 0.717) is 12.2 Å². The Balaban J connectivity index is 2.39. The lowest BCUT2D eigenvalue weighted by molar-refractivity contribution is 0.0978. The predicted molar refractivity (Wildman–Crippen MR) is 84.1 cm³/mol. The van der Waals surface area contributed by atoms with Crippen molar-refractivity contribution in [3.05, 3.63) is 47.0 Å². The van der Waals surface area contributed by atoms with Crippen molar-refractivity contribution in [2.75, 3.05) is 11.4 Å². The first-order valence-corrected chi connectivity index (χ1v) is 7.43. The third kappa shape index (κ3) is 2.93. The number of hydrogen-bond donors (Lipinski definition) is 0. The molecule has 0 aliphatic heterocycles. The van der Waals surface area contributed by atoms with Crippen molar-refractivity contribution >= 4 is 27.5 Å². The number of halogens is 1. The topological polar surface area (TPSA) is 38.1 Å². The largest absolute Gasteiger partial charge is 0.340 e. The Bertz CT molecular complexity index is 592. The fourth-order valence-corrected chi connectivity index (χ4v) is 2.59. The van der Waals surface area contributed by atoms with Gasteiger partial charge in [0.2, 0.25) is 0 Å². The molecule has 2 aromatic rings. The van der Waals surface area contributed by atoms with E-state index in [1.165, 1.54) is 0 Å². The molecule has 4 nitrogen and oxygen atoms in total. The molecule has 0 aliphatic carbocycles. The summed E-state index contributed by atoms with van der Waals surface area (Å²) in [6.45, 7) is 6.71. The van der Waals surface area contributed by atoms with E-state index >= 15 is 0 Å². The van der Waals surface area contributed by atoms with Gasteiger partial charge in [-0.3, -0.25) is 9.78 Å². The normalized spacial score (nSPS) is 10.8. The van der Waals surface area contributed by atoms with E-state index in [1.54, 1.807) is 17.3 Å². The molecule has 1 amide bonds. The fourth-order valence-electron chi connectivity index (χ4n) is 2.15. The minimum Gasteiger partial charge on any atom is -0.340 e. The molecule has 0 radical (unpaired) electrons. The van der Waals surface area contributed by atoms with Crippen molar-refractivity contribution in [1.82, 2.24) is 9.55 Å². The molecule has 0 saturated carbocycles. The Morgan fingerprint density at radius 2 is 2.05 bits per heavy atom. The van der Waals surface area contributed by atoms with E-state index in [1.807, 2.05) is 35.9 Å². The highest BCUT2D eigenvalue weighted by atomic mass is 79.9. The van der Waals surface area contributed by atoms with Crippen LogP contribution in [0.25, 0.3) is 0 Å². The molecular formula is C15H18BrN3O. The molecule has 0 aliphatic rings. The number of pyridine rings is 1. The molecule has 2 aromatic heterocycles. The summed E-state index contributed by atoms with van der Waals surface area (Å²) in [7, 11) is 0. The van der Waals surface area contributed by atoms with E-state index < -0.39 is 0 Å². The van der Waals surface area contributed by atoms with E-state index in [-0.39, 0.29) is 11.9 Å². The van der Waals surface area contributed by atoms with Crippen LogP contribution in [0.2, 0.25) is 0 Å². The molecule has 0 bridgehead atoms. The van der Waals surface area contributed by atoms with Crippen molar-refractivity contribution in [2.45, 2.75) is 26.8 Å². The third-order valence-electron chi connectivity index (χ3n) is 3.13. The molecule has 106 valence electrons. The van der Waals surface area contributed by atoms with E-state index in [9.17, 15) is 4.79 Å². The van der Waals surface area contributed by atoms with Gasteiger partial charge in [0.1, 0.15) is 5.69 Å². The standard InChI is InChI=1S/C15H18BrN3O/c1-4-18(13-5-7-17-8-6-13)15(20)14-9-12(16)10-19(14)11(2)3/h5-11H,4H2,1-3H3. The van der Waals surface area contributed by atoms with Crippen LogP contribution in [0.3, 0.4) is 0 Å². The molecule has 0 N–H and O–H groups in total. The van der Waals surface area contributed by atoms with Gasteiger partial charge >= 0.3 is 0 Å². The smallest absolute Gasteiger partial charge is 0.274 e. The Kier molecular flexibility index (Phi) is 4.60. The molecule has 2 rings (SSSR count). The Morgan fingerprint density at radius 3 is 2.60 bits per heavy atom.